The minimum absolute atomic E-state index is 0.120. The molecule has 1 saturated heterocycles. The van der Waals surface area contributed by atoms with E-state index in [4.69, 9.17) is 14.9 Å². The molecule has 0 aliphatic carbocycles. The lowest BCUT2D eigenvalue weighted by Crippen LogP contribution is -2.18. The van der Waals surface area contributed by atoms with Crippen molar-refractivity contribution in [1.29, 1.82) is 5.41 Å². The molecule has 1 amide bonds. The first kappa shape index (κ1) is 19.8. The molecule has 5 nitrogen and oxygen atoms in total. The summed E-state index contributed by atoms with van der Waals surface area (Å²) in [5.41, 5.74) is 2.85. The molecule has 1 aliphatic rings. The Hall–Kier alpha value is -3.51. The van der Waals surface area contributed by atoms with Crippen molar-refractivity contribution in [1.82, 2.24) is 5.32 Å². The van der Waals surface area contributed by atoms with Crippen LogP contribution in [0.1, 0.15) is 16.7 Å². The smallest absolute Gasteiger partial charge is 0.264 e. The second-order valence-electron chi connectivity index (χ2n) is 6.64. The summed E-state index contributed by atoms with van der Waals surface area (Å²) >= 11 is 1.10. The minimum Gasteiger partial charge on any atom is -0.489 e. The van der Waals surface area contributed by atoms with Crippen molar-refractivity contribution in [3.63, 3.8) is 0 Å². The van der Waals surface area contributed by atoms with Crippen LogP contribution in [0.3, 0.4) is 0 Å². The molecule has 3 aromatic carbocycles. The van der Waals surface area contributed by atoms with Gasteiger partial charge in [0.05, 0.1) is 4.91 Å². The van der Waals surface area contributed by atoms with Gasteiger partial charge in [0.15, 0.2) is 5.17 Å². The van der Waals surface area contributed by atoms with Gasteiger partial charge in [-0.1, -0.05) is 60.7 Å². The maximum atomic E-state index is 12.1. The van der Waals surface area contributed by atoms with E-state index in [9.17, 15) is 4.79 Å². The largest absolute Gasteiger partial charge is 0.489 e. The topological polar surface area (TPSA) is 71.4 Å². The van der Waals surface area contributed by atoms with E-state index in [1.54, 1.807) is 6.08 Å². The van der Waals surface area contributed by atoms with Crippen LogP contribution >= 0.6 is 11.8 Å². The van der Waals surface area contributed by atoms with Gasteiger partial charge in [0.25, 0.3) is 5.91 Å². The first-order valence-electron chi connectivity index (χ1n) is 9.44. The highest BCUT2D eigenvalue weighted by atomic mass is 32.2. The van der Waals surface area contributed by atoms with Gasteiger partial charge in [-0.3, -0.25) is 10.2 Å². The summed E-state index contributed by atoms with van der Waals surface area (Å²) in [4.78, 5) is 12.5. The van der Waals surface area contributed by atoms with Crippen molar-refractivity contribution in [3.8, 4) is 11.5 Å². The molecule has 0 aromatic heterocycles. The summed E-state index contributed by atoms with van der Waals surface area (Å²) in [5, 5.41) is 10.3. The Morgan fingerprint density at radius 2 is 1.50 bits per heavy atom. The lowest BCUT2D eigenvalue weighted by atomic mass is 10.1. The summed E-state index contributed by atoms with van der Waals surface area (Å²) in [5.74, 6) is 1.04. The monoisotopic (exact) mass is 416 g/mol. The molecule has 1 heterocycles. The van der Waals surface area contributed by atoms with Crippen molar-refractivity contribution in [2.24, 2.45) is 0 Å². The average Bonchev–Trinajstić information content (AvgIpc) is 3.09. The molecule has 0 radical (unpaired) electrons. The van der Waals surface area contributed by atoms with Crippen LogP contribution in [0.4, 0.5) is 0 Å². The van der Waals surface area contributed by atoms with Crippen LogP contribution in [0.25, 0.3) is 6.08 Å². The van der Waals surface area contributed by atoms with Crippen molar-refractivity contribution >= 4 is 28.9 Å². The van der Waals surface area contributed by atoms with Gasteiger partial charge in [-0.2, -0.15) is 0 Å². The molecule has 4 rings (SSSR count). The SMILES string of the molecule is N=C1NC(=O)C(=Cc2cc(OCc3ccccc3)ccc2OCc2ccccc2)S1. The van der Waals surface area contributed by atoms with Gasteiger partial charge in [-0.05, 0) is 47.2 Å². The Kier molecular flexibility index (Phi) is 6.15. The van der Waals surface area contributed by atoms with E-state index in [1.165, 1.54) is 0 Å². The van der Waals surface area contributed by atoms with E-state index in [2.05, 4.69) is 5.32 Å². The highest BCUT2D eigenvalue weighted by molar-refractivity contribution is 8.18. The van der Waals surface area contributed by atoms with Crippen LogP contribution in [-0.4, -0.2) is 11.1 Å². The van der Waals surface area contributed by atoms with Crippen molar-refractivity contribution < 1.29 is 14.3 Å². The summed E-state index contributed by atoms with van der Waals surface area (Å²) in [7, 11) is 0. The number of ether oxygens (including phenoxy) is 2. The number of hydrogen-bond donors (Lipinski definition) is 2. The maximum Gasteiger partial charge on any atom is 0.264 e. The molecule has 0 atom stereocenters. The number of carbonyl (C=O) groups is 1. The van der Waals surface area contributed by atoms with Crippen LogP contribution < -0.4 is 14.8 Å². The van der Waals surface area contributed by atoms with Gasteiger partial charge >= 0.3 is 0 Å². The van der Waals surface area contributed by atoms with E-state index in [0.29, 0.717) is 29.6 Å². The fraction of sp³-hybridized carbons (Fsp3) is 0.0833. The van der Waals surface area contributed by atoms with E-state index in [1.807, 2.05) is 78.9 Å². The number of hydrogen-bond acceptors (Lipinski definition) is 5. The van der Waals surface area contributed by atoms with Gasteiger partial charge in [-0.15, -0.1) is 0 Å². The van der Waals surface area contributed by atoms with Gasteiger partial charge in [0.2, 0.25) is 0 Å². The van der Waals surface area contributed by atoms with Crippen LogP contribution in [0.2, 0.25) is 0 Å². The number of carbonyl (C=O) groups excluding carboxylic acids is 1. The molecule has 0 saturated carbocycles. The van der Waals surface area contributed by atoms with Crippen LogP contribution in [0.5, 0.6) is 11.5 Å². The van der Waals surface area contributed by atoms with Crippen molar-refractivity contribution in [3.05, 3.63) is 100 Å². The number of amidine groups is 1. The molecule has 150 valence electrons. The molecule has 1 fully saturated rings. The van der Waals surface area contributed by atoms with E-state index < -0.39 is 0 Å². The summed E-state index contributed by atoms with van der Waals surface area (Å²) in [6.45, 7) is 0.858. The standard InChI is InChI=1S/C24H20N2O3S/c25-24-26-23(27)22(30-24)14-19-13-20(28-15-17-7-3-1-4-8-17)11-12-21(19)29-16-18-9-5-2-6-10-18/h1-14H,15-16H2,(H2,25,26,27). The molecule has 0 unspecified atom stereocenters. The molecule has 30 heavy (non-hydrogen) atoms. The summed E-state index contributed by atoms with van der Waals surface area (Å²) in [6, 6.07) is 25.4. The normalized spacial score (nSPS) is 14.6. The second kappa shape index (κ2) is 9.33. The molecule has 3 aromatic rings. The maximum absolute atomic E-state index is 12.1. The Balaban J connectivity index is 1.57. The summed E-state index contributed by atoms with van der Waals surface area (Å²) < 4.78 is 11.9. The number of thioether (sulfide) groups is 1. The predicted octanol–water partition coefficient (Wildman–Crippen LogP) is 4.98. The third-order valence-corrected chi connectivity index (χ3v) is 5.25. The van der Waals surface area contributed by atoms with E-state index in [-0.39, 0.29) is 11.1 Å². The summed E-state index contributed by atoms with van der Waals surface area (Å²) in [6.07, 6.45) is 1.73. The second-order valence-corrected chi connectivity index (χ2v) is 7.69. The van der Waals surface area contributed by atoms with Gasteiger partial charge in [-0.25, -0.2) is 0 Å². The quantitative estimate of drug-likeness (QED) is 0.533. The third-order valence-electron chi connectivity index (χ3n) is 4.42. The Bertz CT molecular complexity index is 1080. The highest BCUT2D eigenvalue weighted by Crippen LogP contribution is 2.32. The molecular weight excluding hydrogens is 396 g/mol. The van der Waals surface area contributed by atoms with E-state index in [0.717, 1.165) is 28.5 Å². The Labute approximate surface area is 179 Å². The average molecular weight is 417 g/mol. The molecule has 1 aliphatic heterocycles. The van der Waals surface area contributed by atoms with Crippen LogP contribution in [0, 0.1) is 5.41 Å². The Morgan fingerprint density at radius 1 is 0.867 bits per heavy atom. The lowest BCUT2D eigenvalue weighted by Gasteiger charge is -2.13. The van der Waals surface area contributed by atoms with Crippen molar-refractivity contribution in [2.45, 2.75) is 13.2 Å². The molecule has 0 bridgehead atoms. The van der Waals surface area contributed by atoms with Crippen molar-refractivity contribution in [2.75, 3.05) is 0 Å². The zero-order valence-electron chi connectivity index (χ0n) is 16.1. The fourth-order valence-electron chi connectivity index (χ4n) is 2.92. The minimum atomic E-state index is -0.283. The number of nitrogens with one attached hydrogen (secondary N) is 2. The molecule has 6 heteroatoms. The van der Waals surface area contributed by atoms with Crippen LogP contribution in [0.15, 0.2) is 83.8 Å². The molecule has 2 N–H and O–H groups in total. The molecule has 0 spiro atoms. The van der Waals surface area contributed by atoms with Crippen LogP contribution in [-0.2, 0) is 18.0 Å². The lowest BCUT2D eigenvalue weighted by molar-refractivity contribution is -0.115. The zero-order valence-corrected chi connectivity index (χ0v) is 16.9. The van der Waals surface area contributed by atoms with Gasteiger partial charge in [0.1, 0.15) is 24.7 Å². The number of benzene rings is 3. The fourth-order valence-corrected chi connectivity index (χ4v) is 3.61. The highest BCUT2D eigenvalue weighted by Gasteiger charge is 2.23. The zero-order chi connectivity index (χ0) is 20.8. The molecular formula is C24H20N2O3S. The van der Waals surface area contributed by atoms with E-state index >= 15 is 0 Å². The van der Waals surface area contributed by atoms with Gasteiger partial charge < -0.3 is 14.8 Å². The first-order valence-corrected chi connectivity index (χ1v) is 10.3. The predicted molar refractivity (Wildman–Crippen MR) is 119 cm³/mol. The third kappa shape index (κ3) is 5.10. The first-order chi connectivity index (χ1) is 14.7. The number of rotatable bonds is 7. The van der Waals surface area contributed by atoms with Gasteiger partial charge in [0, 0.05) is 5.56 Å². The Morgan fingerprint density at radius 3 is 2.10 bits per heavy atom. The number of amides is 1.